The molecule has 4 N–H and O–H groups in total. The molecule has 1 fully saturated rings. The summed E-state index contributed by atoms with van der Waals surface area (Å²) in [6.45, 7) is 0.247. The van der Waals surface area contributed by atoms with Crippen molar-refractivity contribution in [2.75, 3.05) is 32.7 Å². The van der Waals surface area contributed by atoms with E-state index in [4.69, 9.17) is 19.9 Å². The van der Waals surface area contributed by atoms with Gasteiger partial charge in [-0.25, -0.2) is 15.0 Å². The molecule has 3 atom stereocenters. The van der Waals surface area contributed by atoms with Gasteiger partial charge in [-0.3, -0.25) is 4.57 Å². The lowest BCUT2D eigenvalue weighted by Gasteiger charge is -2.20. The van der Waals surface area contributed by atoms with Crippen molar-refractivity contribution in [3.8, 4) is 0 Å². The molecule has 0 saturated carbocycles. The molecule has 1 aliphatic heterocycles. The van der Waals surface area contributed by atoms with Crippen LogP contribution in [0.3, 0.4) is 0 Å². The fraction of sp³-hybridized carbons (Fsp3) is 0.538. The van der Waals surface area contributed by atoms with E-state index in [1.165, 1.54) is 12.7 Å². The minimum absolute atomic E-state index is 0.183. The van der Waals surface area contributed by atoms with Crippen LogP contribution in [-0.4, -0.2) is 74.7 Å². The van der Waals surface area contributed by atoms with Crippen LogP contribution in [0, 0.1) is 0 Å². The zero-order valence-electron chi connectivity index (χ0n) is 12.9. The lowest BCUT2D eigenvalue weighted by Crippen LogP contribution is -2.32. The fourth-order valence-electron chi connectivity index (χ4n) is 2.59. The molecule has 0 bridgehead atoms. The molecule has 3 rings (SSSR count). The van der Waals surface area contributed by atoms with Gasteiger partial charge in [-0.05, 0) is 0 Å². The Kier molecular flexibility index (Phi) is 4.85. The molecule has 130 valence electrons. The van der Waals surface area contributed by atoms with E-state index in [9.17, 15) is 10.3 Å². The van der Waals surface area contributed by atoms with Crippen LogP contribution in [0.1, 0.15) is 6.23 Å². The highest BCUT2D eigenvalue weighted by atomic mass is 16.6. The lowest BCUT2D eigenvalue weighted by molar-refractivity contribution is -0.0742. The first-order valence-electron chi connectivity index (χ1n) is 7.23. The van der Waals surface area contributed by atoms with E-state index >= 15 is 0 Å². The average molecular weight is 338 g/mol. The third-order valence-electron chi connectivity index (χ3n) is 3.71. The van der Waals surface area contributed by atoms with Gasteiger partial charge in [0, 0.05) is 7.11 Å². The summed E-state index contributed by atoms with van der Waals surface area (Å²) < 4.78 is 18.0. The van der Waals surface area contributed by atoms with Crippen LogP contribution in [0.5, 0.6) is 0 Å². The molecule has 0 aromatic carbocycles. The van der Waals surface area contributed by atoms with Crippen LogP contribution >= 0.6 is 0 Å². The van der Waals surface area contributed by atoms with Gasteiger partial charge in [0.15, 0.2) is 17.7 Å². The summed E-state index contributed by atoms with van der Waals surface area (Å²) in [5, 5.41) is 22.0. The van der Waals surface area contributed by atoms with Crippen LogP contribution in [0.4, 0.5) is 5.82 Å². The van der Waals surface area contributed by atoms with Gasteiger partial charge < -0.3 is 30.3 Å². The van der Waals surface area contributed by atoms with Crippen LogP contribution in [0.2, 0.25) is 0 Å². The van der Waals surface area contributed by atoms with Gasteiger partial charge in [-0.1, -0.05) is 5.16 Å². The average Bonchev–Trinajstić information content (AvgIpc) is 3.16. The maximum atomic E-state index is 9.46. The summed E-state index contributed by atoms with van der Waals surface area (Å²) in [4.78, 5) is 12.2. The monoisotopic (exact) mass is 338 g/mol. The second-order valence-electron chi connectivity index (χ2n) is 5.09. The smallest absolute Gasteiger partial charge is 0.169 e. The molecule has 11 nitrogen and oxygen atoms in total. The number of aromatic nitrogens is 4. The zero-order valence-corrected chi connectivity index (χ0v) is 12.9. The molecule has 0 radical (unpaired) electrons. The van der Waals surface area contributed by atoms with Crippen molar-refractivity contribution in [3.05, 3.63) is 12.7 Å². The van der Waals surface area contributed by atoms with E-state index < -0.39 is 18.4 Å². The first-order chi connectivity index (χ1) is 11.7. The Balaban J connectivity index is 1.97. The van der Waals surface area contributed by atoms with Crippen molar-refractivity contribution >= 4 is 22.7 Å². The van der Waals surface area contributed by atoms with Gasteiger partial charge in [-0.2, -0.15) is 0 Å². The molecule has 0 aliphatic carbocycles. The summed E-state index contributed by atoms with van der Waals surface area (Å²) >= 11 is 0. The standard InChI is InChI=1S/C13H18N6O5/c1-22-2-3-23-10-8(18-21)7(4-20)24-13(10)19-6-17-9-11(14)15-5-16-12(9)19/h5-7,10,13,20-21H,2-4H2,1H3,(H2,14,15,16)/t7-,10-,13-/m1/s1. The lowest BCUT2D eigenvalue weighted by atomic mass is 10.1. The maximum Gasteiger partial charge on any atom is 0.169 e. The summed E-state index contributed by atoms with van der Waals surface area (Å²) in [6.07, 6.45) is 0.530. The Bertz CT molecular complexity index is 735. The number of imidazole rings is 1. The van der Waals surface area contributed by atoms with Crippen molar-refractivity contribution in [3.63, 3.8) is 0 Å². The number of aliphatic hydroxyl groups excluding tert-OH is 1. The Labute approximate surface area is 136 Å². The molecule has 1 aliphatic rings. The number of rotatable bonds is 6. The van der Waals surface area contributed by atoms with Crippen molar-refractivity contribution in [1.29, 1.82) is 0 Å². The molecule has 0 amide bonds. The molecular weight excluding hydrogens is 320 g/mol. The van der Waals surface area contributed by atoms with Gasteiger partial charge in [0.25, 0.3) is 0 Å². The van der Waals surface area contributed by atoms with Crippen molar-refractivity contribution in [2.45, 2.75) is 18.4 Å². The van der Waals surface area contributed by atoms with Crippen LogP contribution in [0.15, 0.2) is 17.8 Å². The van der Waals surface area contributed by atoms with Crippen molar-refractivity contribution in [2.24, 2.45) is 5.16 Å². The van der Waals surface area contributed by atoms with Gasteiger partial charge in [0.1, 0.15) is 29.8 Å². The normalized spacial score (nSPS) is 25.8. The number of methoxy groups -OCH3 is 1. The Morgan fingerprint density at radius 1 is 1.38 bits per heavy atom. The molecule has 2 aromatic rings. The number of nitrogens with zero attached hydrogens (tertiary/aromatic N) is 5. The molecule has 2 aromatic heterocycles. The number of nitrogen functional groups attached to an aromatic ring is 1. The first-order valence-corrected chi connectivity index (χ1v) is 7.23. The first kappa shape index (κ1) is 16.5. The van der Waals surface area contributed by atoms with E-state index in [-0.39, 0.29) is 24.7 Å². The van der Waals surface area contributed by atoms with Gasteiger partial charge in [0.2, 0.25) is 0 Å². The Hall–Kier alpha value is -2.34. The van der Waals surface area contributed by atoms with Gasteiger partial charge >= 0.3 is 0 Å². The highest BCUT2D eigenvalue weighted by Gasteiger charge is 2.44. The van der Waals surface area contributed by atoms with Crippen LogP contribution < -0.4 is 5.73 Å². The van der Waals surface area contributed by atoms with Crippen molar-refractivity contribution < 1.29 is 24.5 Å². The predicted molar refractivity (Wildman–Crippen MR) is 81.6 cm³/mol. The summed E-state index contributed by atoms with van der Waals surface area (Å²) in [5.74, 6) is 0.239. The fourth-order valence-corrected chi connectivity index (χ4v) is 2.59. The Morgan fingerprint density at radius 2 is 2.21 bits per heavy atom. The number of hydrogen-bond donors (Lipinski definition) is 3. The van der Waals surface area contributed by atoms with E-state index in [1.54, 1.807) is 11.7 Å². The highest BCUT2D eigenvalue weighted by molar-refractivity contribution is 5.94. The molecule has 3 heterocycles. The topological polar surface area (TPSA) is 150 Å². The third-order valence-corrected chi connectivity index (χ3v) is 3.71. The highest BCUT2D eigenvalue weighted by Crippen LogP contribution is 2.32. The number of nitrogens with two attached hydrogens (primary N) is 1. The second kappa shape index (κ2) is 7.05. The number of ether oxygens (including phenoxy) is 3. The molecule has 11 heteroatoms. The summed E-state index contributed by atoms with van der Waals surface area (Å²) in [6, 6.07) is 0. The molecule has 0 unspecified atom stereocenters. The molecular formula is C13H18N6O5. The number of hydrogen-bond acceptors (Lipinski definition) is 10. The largest absolute Gasteiger partial charge is 0.411 e. The second-order valence-corrected chi connectivity index (χ2v) is 5.09. The van der Waals surface area contributed by atoms with E-state index in [2.05, 4.69) is 20.1 Å². The summed E-state index contributed by atoms with van der Waals surface area (Å²) in [7, 11) is 1.55. The molecule has 0 spiro atoms. The SMILES string of the molecule is COCCO[C@@H]1C(=NO)[C@@H](CO)O[C@H]1n1cnc2c(N)ncnc21. The van der Waals surface area contributed by atoms with Gasteiger partial charge in [0.05, 0.1) is 26.1 Å². The van der Waals surface area contributed by atoms with Crippen LogP contribution in [0.25, 0.3) is 11.2 Å². The Morgan fingerprint density at radius 3 is 2.92 bits per heavy atom. The van der Waals surface area contributed by atoms with Gasteiger partial charge in [-0.15, -0.1) is 0 Å². The molecule has 1 saturated heterocycles. The third kappa shape index (κ3) is 2.78. The summed E-state index contributed by atoms with van der Waals surface area (Å²) in [5.41, 5.74) is 6.84. The molecule has 24 heavy (non-hydrogen) atoms. The number of oxime groups is 1. The quantitative estimate of drug-likeness (QED) is 0.348. The maximum absolute atomic E-state index is 9.46. The number of fused-ring (bicyclic) bond motifs is 1. The number of anilines is 1. The number of aliphatic hydroxyl groups is 1. The van der Waals surface area contributed by atoms with E-state index in [0.717, 1.165) is 0 Å². The minimum Gasteiger partial charge on any atom is -0.411 e. The van der Waals surface area contributed by atoms with Crippen LogP contribution in [-0.2, 0) is 14.2 Å². The van der Waals surface area contributed by atoms with E-state index in [1.807, 2.05) is 0 Å². The van der Waals surface area contributed by atoms with Crippen molar-refractivity contribution in [1.82, 2.24) is 19.5 Å². The zero-order chi connectivity index (χ0) is 17.1. The van der Waals surface area contributed by atoms with E-state index in [0.29, 0.717) is 17.8 Å². The predicted octanol–water partition coefficient (Wildman–Crippen LogP) is -0.840. The minimum atomic E-state index is -0.802.